The zero-order valence-electron chi connectivity index (χ0n) is 7.76. The molecule has 0 aliphatic rings. The van der Waals surface area contributed by atoms with Crippen LogP contribution in [0.1, 0.15) is 13.3 Å². The molecule has 0 saturated carbocycles. The first-order valence-corrected chi connectivity index (χ1v) is 5.30. The van der Waals surface area contributed by atoms with Gasteiger partial charge in [-0.3, -0.25) is 0 Å². The number of rotatable bonds is 5. The fraction of sp³-hybridized carbons (Fsp3) is 1.00. The number of alkyl halides is 3. The standard InChI is InChI=1S/C6H12F3NO3S/c1-3-5(4-13-2)10-14(11,12)6(7,8)9/h5,10H,3-4H2,1-2H3. The highest BCUT2D eigenvalue weighted by Crippen LogP contribution is 2.22. The minimum atomic E-state index is -5.27. The van der Waals surface area contributed by atoms with Crippen LogP contribution in [0.3, 0.4) is 0 Å². The molecule has 0 aromatic rings. The van der Waals surface area contributed by atoms with Gasteiger partial charge in [0.15, 0.2) is 0 Å². The highest BCUT2D eigenvalue weighted by Gasteiger charge is 2.46. The Bertz CT molecular complexity index is 262. The van der Waals surface area contributed by atoms with Crippen molar-refractivity contribution < 1.29 is 26.3 Å². The van der Waals surface area contributed by atoms with E-state index in [2.05, 4.69) is 4.74 Å². The molecule has 1 atom stereocenters. The molecule has 0 saturated heterocycles. The molecule has 14 heavy (non-hydrogen) atoms. The number of hydrogen-bond donors (Lipinski definition) is 1. The fourth-order valence-corrected chi connectivity index (χ4v) is 1.53. The van der Waals surface area contributed by atoms with E-state index in [1.807, 2.05) is 0 Å². The van der Waals surface area contributed by atoms with Crippen molar-refractivity contribution >= 4 is 10.0 Å². The first-order valence-electron chi connectivity index (χ1n) is 3.82. The van der Waals surface area contributed by atoms with Crippen LogP contribution in [-0.2, 0) is 14.8 Å². The maximum absolute atomic E-state index is 11.9. The Balaban J connectivity index is 4.49. The topological polar surface area (TPSA) is 55.4 Å². The normalized spacial score (nSPS) is 15.5. The molecule has 86 valence electrons. The van der Waals surface area contributed by atoms with Gasteiger partial charge in [-0.05, 0) is 6.42 Å². The van der Waals surface area contributed by atoms with Crippen LogP contribution in [0, 0.1) is 0 Å². The van der Waals surface area contributed by atoms with Gasteiger partial charge in [-0.1, -0.05) is 6.92 Å². The minimum Gasteiger partial charge on any atom is -0.383 e. The molecule has 0 aliphatic carbocycles. The predicted molar refractivity (Wildman–Crippen MR) is 44.1 cm³/mol. The Labute approximate surface area is 80.5 Å². The molecule has 0 spiro atoms. The zero-order chi connectivity index (χ0) is 11.4. The van der Waals surface area contributed by atoms with Crippen molar-refractivity contribution in [2.24, 2.45) is 0 Å². The average Bonchev–Trinajstić information content (AvgIpc) is 2.01. The van der Waals surface area contributed by atoms with Crippen molar-refractivity contribution in [3.63, 3.8) is 0 Å². The molecular weight excluding hydrogens is 223 g/mol. The number of methoxy groups -OCH3 is 1. The second kappa shape index (κ2) is 4.94. The SMILES string of the molecule is CCC(COC)NS(=O)(=O)C(F)(F)F. The molecule has 0 aromatic carbocycles. The number of sulfonamides is 1. The summed E-state index contributed by atoms with van der Waals surface area (Å²) in [5.74, 6) is 0. The lowest BCUT2D eigenvalue weighted by Gasteiger charge is -2.17. The zero-order valence-corrected chi connectivity index (χ0v) is 8.57. The quantitative estimate of drug-likeness (QED) is 0.768. The molecule has 1 N–H and O–H groups in total. The van der Waals surface area contributed by atoms with Gasteiger partial charge in [-0.25, -0.2) is 13.1 Å². The van der Waals surface area contributed by atoms with Crippen LogP contribution in [0.25, 0.3) is 0 Å². The Kier molecular flexibility index (Phi) is 4.82. The summed E-state index contributed by atoms with van der Waals surface area (Å²) in [6.07, 6.45) is 0.225. The van der Waals surface area contributed by atoms with Crippen LogP contribution in [0.5, 0.6) is 0 Å². The van der Waals surface area contributed by atoms with Crippen molar-refractivity contribution in [1.82, 2.24) is 4.72 Å². The molecule has 0 radical (unpaired) electrons. The van der Waals surface area contributed by atoms with E-state index in [4.69, 9.17) is 0 Å². The molecule has 0 fully saturated rings. The fourth-order valence-electron chi connectivity index (χ4n) is 0.723. The Morgan fingerprint density at radius 2 is 1.93 bits per heavy atom. The summed E-state index contributed by atoms with van der Waals surface area (Å²) < 4.78 is 62.9. The van der Waals surface area contributed by atoms with Gasteiger partial charge in [-0.2, -0.15) is 13.2 Å². The van der Waals surface area contributed by atoms with Gasteiger partial charge in [0.05, 0.1) is 6.61 Å². The highest BCUT2D eigenvalue weighted by molar-refractivity contribution is 7.90. The van der Waals surface area contributed by atoms with Crippen molar-refractivity contribution in [3.05, 3.63) is 0 Å². The van der Waals surface area contributed by atoms with E-state index in [1.54, 1.807) is 6.92 Å². The second-order valence-electron chi connectivity index (χ2n) is 2.63. The van der Waals surface area contributed by atoms with Gasteiger partial charge in [0, 0.05) is 13.2 Å². The van der Waals surface area contributed by atoms with Crippen molar-refractivity contribution in [2.75, 3.05) is 13.7 Å². The van der Waals surface area contributed by atoms with E-state index >= 15 is 0 Å². The molecular formula is C6H12F3NO3S. The summed E-state index contributed by atoms with van der Waals surface area (Å²) in [5.41, 5.74) is -5.27. The summed E-state index contributed by atoms with van der Waals surface area (Å²) in [4.78, 5) is 0. The third-order valence-corrected chi connectivity index (χ3v) is 2.74. The lowest BCUT2D eigenvalue weighted by Crippen LogP contribution is -2.44. The molecule has 0 rings (SSSR count). The average molecular weight is 235 g/mol. The van der Waals surface area contributed by atoms with E-state index in [-0.39, 0.29) is 13.0 Å². The maximum atomic E-state index is 11.9. The summed E-state index contributed by atoms with van der Waals surface area (Å²) in [6.45, 7) is 1.47. The van der Waals surface area contributed by atoms with E-state index < -0.39 is 21.6 Å². The van der Waals surface area contributed by atoms with Crippen molar-refractivity contribution in [1.29, 1.82) is 0 Å². The molecule has 0 heterocycles. The largest absolute Gasteiger partial charge is 0.511 e. The van der Waals surface area contributed by atoms with Crippen LogP contribution in [-0.4, -0.2) is 33.7 Å². The van der Waals surface area contributed by atoms with Crippen LogP contribution in [0.15, 0.2) is 0 Å². The van der Waals surface area contributed by atoms with Gasteiger partial charge >= 0.3 is 15.5 Å². The van der Waals surface area contributed by atoms with Crippen LogP contribution in [0.4, 0.5) is 13.2 Å². The first-order chi connectivity index (χ1) is 6.24. The molecule has 0 bridgehead atoms. The van der Waals surface area contributed by atoms with Crippen molar-refractivity contribution in [2.45, 2.75) is 24.9 Å². The van der Waals surface area contributed by atoms with Gasteiger partial charge in [0.25, 0.3) is 0 Å². The molecule has 1 unspecified atom stereocenters. The summed E-state index contributed by atoms with van der Waals surface area (Å²) >= 11 is 0. The summed E-state index contributed by atoms with van der Waals surface area (Å²) in [7, 11) is -3.98. The highest BCUT2D eigenvalue weighted by atomic mass is 32.2. The minimum absolute atomic E-state index is 0.0915. The number of hydrogen-bond acceptors (Lipinski definition) is 3. The lowest BCUT2D eigenvalue weighted by molar-refractivity contribution is -0.0453. The number of ether oxygens (including phenoxy) is 1. The van der Waals surface area contributed by atoms with Crippen LogP contribution >= 0.6 is 0 Å². The second-order valence-corrected chi connectivity index (χ2v) is 4.33. The van der Waals surface area contributed by atoms with Gasteiger partial charge in [0.1, 0.15) is 0 Å². The monoisotopic (exact) mass is 235 g/mol. The van der Waals surface area contributed by atoms with Gasteiger partial charge in [-0.15, -0.1) is 0 Å². The van der Waals surface area contributed by atoms with E-state index in [0.717, 1.165) is 0 Å². The van der Waals surface area contributed by atoms with E-state index in [1.165, 1.54) is 11.8 Å². The molecule has 0 aromatic heterocycles. The third-order valence-electron chi connectivity index (χ3n) is 1.49. The predicted octanol–water partition coefficient (Wildman–Crippen LogP) is 0.851. The smallest absolute Gasteiger partial charge is 0.383 e. The van der Waals surface area contributed by atoms with Gasteiger partial charge in [0.2, 0.25) is 0 Å². The maximum Gasteiger partial charge on any atom is 0.511 e. The van der Waals surface area contributed by atoms with E-state index in [0.29, 0.717) is 0 Å². The molecule has 8 heteroatoms. The Morgan fingerprint density at radius 3 is 2.21 bits per heavy atom. The molecule has 0 aliphatic heterocycles. The van der Waals surface area contributed by atoms with Crippen LogP contribution in [0.2, 0.25) is 0 Å². The third kappa shape index (κ3) is 3.81. The lowest BCUT2D eigenvalue weighted by atomic mass is 10.3. The Morgan fingerprint density at radius 1 is 1.43 bits per heavy atom. The molecule has 0 amide bonds. The number of halogens is 3. The van der Waals surface area contributed by atoms with E-state index in [9.17, 15) is 21.6 Å². The number of nitrogens with one attached hydrogen (secondary N) is 1. The molecule has 4 nitrogen and oxygen atoms in total. The first kappa shape index (κ1) is 13.7. The Hall–Kier alpha value is -0.340. The summed E-state index contributed by atoms with van der Waals surface area (Å²) in [5, 5.41) is 0. The van der Waals surface area contributed by atoms with Crippen molar-refractivity contribution in [3.8, 4) is 0 Å². The van der Waals surface area contributed by atoms with Crippen LogP contribution < -0.4 is 4.72 Å². The van der Waals surface area contributed by atoms with Gasteiger partial charge < -0.3 is 4.74 Å². The summed E-state index contributed by atoms with van der Waals surface area (Å²) in [6, 6.07) is -0.855.